The van der Waals surface area contributed by atoms with Gasteiger partial charge in [-0.05, 0) is 6.92 Å². The third kappa shape index (κ3) is 1.32. The predicted molar refractivity (Wildman–Crippen MR) is 72.0 cm³/mol. The van der Waals surface area contributed by atoms with E-state index in [-0.39, 0.29) is 40.0 Å². The van der Waals surface area contributed by atoms with Gasteiger partial charge in [0.15, 0.2) is 12.0 Å². The number of aromatic nitrogens is 1. The normalized spacial score (nSPS) is 33.1. The molecule has 0 unspecified atom stereocenters. The molecular formula is C14H14N2O6. The van der Waals surface area contributed by atoms with E-state index in [1.807, 2.05) is 0 Å². The molecular weight excluding hydrogens is 292 g/mol. The van der Waals surface area contributed by atoms with Crippen molar-refractivity contribution in [3.63, 3.8) is 0 Å². The van der Waals surface area contributed by atoms with Crippen LogP contribution in [0, 0.1) is 0 Å². The highest BCUT2D eigenvalue weighted by molar-refractivity contribution is 6.08. The van der Waals surface area contributed by atoms with Gasteiger partial charge in [0, 0.05) is 17.5 Å². The Morgan fingerprint density at radius 2 is 2.27 bits per heavy atom. The monoisotopic (exact) mass is 306 g/mol. The van der Waals surface area contributed by atoms with Crippen LogP contribution in [-0.2, 0) is 10.3 Å². The van der Waals surface area contributed by atoms with Crippen molar-refractivity contribution in [1.82, 2.24) is 4.98 Å². The second-order valence-electron chi connectivity index (χ2n) is 5.75. The standard InChI is InChI=1S/C14H14N2O6/c1-4-14(20)6(17)2-5(22-4)7-9(14)12-10(16-3-21-12)8(11(7)18)13(15)19/h3-6,17-18,20H,2H2,1H3,(H2,15,19)/t4-,5-,6-,14-/m1/s1. The summed E-state index contributed by atoms with van der Waals surface area (Å²) in [7, 11) is 0. The van der Waals surface area contributed by atoms with E-state index in [0.29, 0.717) is 0 Å². The Balaban J connectivity index is 2.19. The summed E-state index contributed by atoms with van der Waals surface area (Å²) in [5.41, 5.74) is 4.02. The zero-order valence-corrected chi connectivity index (χ0v) is 11.6. The number of nitrogens with two attached hydrogens (primary N) is 1. The number of aliphatic hydroxyl groups excluding tert-OH is 1. The topological polar surface area (TPSA) is 139 Å². The van der Waals surface area contributed by atoms with E-state index in [9.17, 15) is 20.1 Å². The number of primary amides is 1. The minimum atomic E-state index is -1.75. The van der Waals surface area contributed by atoms with Crippen molar-refractivity contribution in [2.75, 3.05) is 0 Å². The Hall–Kier alpha value is -2.16. The smallest absolute Gasteiger partial charge is 0.254 e. The Morgan fingerprint density at radius 3 is 2.91 bits per heavy atom. The van der Waals surface area contributed by atoms with E-state index in [1.54, 1.807) is 6.92 Å². The number of carbonyl (C=O) groups excluding carboxylic acids is 1. The third-order valence-electron chi connectivity index (χ3n) is 4.69. The van der Waals surface area contributed by atoms with E-state index in [1.165, 1.54) is 0 Å². The lowest BCUT2D eigenvalue weighted by Gasteiger charge is -2.51. The van der Waals surface area contributed by atoms with Crippen LogP contribution in [0.5, 0.6) is 5.75 Å². The molecule has 8 nitrogen and oxygen atoms in total. The number of phenols is 1. The fourth-order valence-electron chi connectivity index (χ4n) is 3.65. The van der Waals surface area contributed by atoms with E-state index >= 15 is 0 Å². The molecule has 5 N–H and O–H groups in total. The second-order valence-corrected chi connectivity index (χ2v) is 5.75. The number of oxazole rings is 1. The van der Waals surface area contributed by atoms with E-state index in [2.05, 4.69) is 4.98 Å². The Kier molecular flexibility index (Phi) is 2.44. The first-order valence-corrected chi connectivity index (χ1v) is 6.85. The molecule has 0 spiro atoms. The molecule has 3 aliphatic rings. The second kappa shape index (κ2) is 3.97. The van der Waals surface area contributed by atoms with Crippen LogP contribution >= 0.6 is 0 Å². The van der Waals surface area contributed by atoms with Crippen LogP contribution < -0.4 is 5.73 Å². The van der Waals surface area contributed by atoms with E-state index in [4.69, 9.17) is 14.9 Å². The van der Waals surface area contributed by atoms with Crippen LogP contribution in [0.3, 0.4) is 0 Å². The first-order valence-electron chi connectivity index (χ1n) is 6.85. The summed E-state index contributed by atoms with van der Waals surface area (Å²) in [6, 6.07) is 0. The van der Waals surface area contributed by atoms with Crippen molar-refractivity contribution in [3.05, 3.63) is 23.1 Å². The lowest BCUT2D eigenvalue weighted by molar-refractivity contribution is -0.245. The SMILES string of the molecule is C[C@H]1O[C@@H]2C[C@@H](O)[C@@]1(O)c1c2c(O)c(C(N)=O)c2ncoc12. The lowest BCUT2D eigenvalue weighted by Crippen LogP contribution is -2.58. The number of fused-ring (bicyclic) bond motifs is 3. The number of benzene rings is 1. The summed E-state index contributed by atoms with van der Waals surface area (Å²) in [4.78, 5) is 15.6. The molecule has 3 heterocycles. The fourth-order valence-corrected chi connectivity index (χ4v) is 3.65. The first-order chi connectivity index (χ1) is 10.4. The molecule has 1 aromatic heterocycles. The van der Waals surface area contributed by atoms with Crippen molar-refractivity contribution >= 4 is 17.0 Å². The highest BCUT2D eigenvalue weighted by atomic mass is 16.5. The summed E-state index contributed by atoms with van der Waals surface area (Å²) in [6.45, 7) is 1.62. The van der Waals surface area contributed by atoms with Crippen molar-refractivity contribution in [2.24, 2.45) is 5.73 Å². The van der Waals surface area contributed by atoms with Crippen LogP contribution in [0.4, 0.5) is 0 Å². The average molecular weight is 306 g/mol. The highest BCUT2D eigenvalue weighted by Crippen LogP contribution is 2.56. The average Bonchev–Trinajstić information content (AvgIpc) is 2.89. The molecule has 1 aliphatic carbocycles. The summed E-state index contributed by atoms with van der Waals surface area (Å²) in [6.07, 6.45) is -1.26. The molecule has 2 aliphatic heterocycles. The molecule has 0 radical (unpaired) electrons. The zero-order valence-electron chi connectivity index (χ0n) is 11.6. The largest absolute Gasteiger partial charge is 0.507 e. The minimum absolute atomic E-state index is 0.0594. The minimum Gasteiger partial charge on any atom is -0.507 e. The highest BCUT2D eigenvalue weighted by Gasteiger charge is 2.58. The predicted octanol–water partition coefficient (Wildman–Crippen LogP) is 0.0443. The molecule has 116 valence electrons. The van der Waals surface area contributed by atoms with E-state index < -0.39 is 29.8 Å². The van der Waals surface area contributed by atoms with Crippen molar-refractivity contribution in [3.8, 4) is 5.75 Å². The molecule has 8 heteroatoms. The van der Waals surface area contributed by atoms with Crippen LogP contribution in [0.25, 0.3) is 11.1 Å². The quantitative estimate of drug-likeness (QED) is 0.583. The first kappa shape index (κ1) is 13.5. The molecule has 2 aromatic rings. The summed E-state index contributed by atoms with van der Waals surface area (Å²) >= 11 is 0. The molecule has 1 saturated heterocycles. The van der Waals surface area contributed by atoms with Crippen molar-refractivity contribution < 1.29 is 29.3 Å². The third-order valence-corrected chi connectivity index (χ3v) is 4.69. The summed E-state index contributed by atoms with van der Waals surface area (Å²) < 4.78 is 11.0. The maximum Gasteiger partial charge on any atom is 0.254 e. The van der Waals surface area contributed by atoms with Crippen LogP contribution in [-0.4, -0.2) is 38.4 Å². The fraction of sp³-hybridized carbons (Fsp3) is 0.429. The molecule has 2 bridgehead atoms. The number of hydrogen-bond donors (Lipinski definition) is 4. The summed E-state index contributed by atoms with van der Waals surface area (Å²) in [5, 5.41) is 31.7. The molecule has 5 rings (SSSR count). The number of ether oxygens (including phenoxy) is 1. The van der Waals surface area contributed by atoms with Gasteiger partial charge in [0.2, 0.25) is 0 Å². The molecule has 1 amide bonds. The number of nitrogens with zero attached hydrogens (tertiary/aromatic N) is 1. The van der Waals surface area contributed by atoms with Crippen LogP contribution in [0.15, 0.2) is 10.8 Å². The lowest BCUT2D eigenvalue weighted by atomic mass is 9.69. The van der Waals surface area contributed by atoms with Gasteiger partial charge < -0.3 is 30.2 Å². The molecule has 1 fully saturated rings. The van der Waals surface area contributed by atoms with Gasteiger partial charge in [-0.1, -0.05) is 0 Å². The van der Waals surface area contributed by atoms with Gasteiger partial charge in [-0.15, -0.1) is 0 Å². The molecule has 1 aromatic carbocycles. The van der Waals surface area contributed by atoms with Crippen LogP contribution in [0.2, 0.25) is 0 Å². The summed E-state index contributed by atoms with van der Waals surface area (Å²) in [5.74, 6) is -1.24. The number of hydrogen-bond acceptors (Lipinski definition) is 7. The molecule has 4 atom stereocenters. The number of aromatic hydroxyl groups is 1. The molecule has 0 saturated carbocycles. The molecule has 22 heavy (non-hydrogen) atoms. The van der Waals surface area contributed by atoms with Gasteiger partial charge in [0.25, 0.3) is 5.91 Å². The van der Waals surface area contributed by atoms with Crippen molar-refractivity contribution in [2.45, 2.75) is 37.3 Å². The Bertz CT molecular complexity index is 801. The van der Waals surface area contributed by atoms with Crippen molar-refractivity contribution in [1.29, 1.82) is 0 Å². The zero-order chi connectivity index (χ0) is 15.8. The van der Waals surface area contributed by atoms with Gasteiger partial charge in [-0.25, -0.2) is 4.98 Å². The van der Waals surface area contributed by atoms with Gasteiger partial charge in [0.05, 0.1) is 18.3 Å². The maximum atomic E-state index is 11.7. The number of aliphatic hydroxyl groups is 2. The van der Waals surface area contributed by atoms with E-state index in [0.717, 1.165) is 6.39 Å². The Morgan fingerprint density at radius 1 is 1.55 bits per heavy atom. The van der Waals surface area contributed by atoms with Gasteiger partial charge >= 0.3 is 0 Å². The number of carbonyl (C=O) groups is 1. The van der Waals surface area contributed by atoms with Gasteiger partial charge in [-0.3, -0.25) is 4.79 Å². The van der Waals surface area contributed by atoms with Gasteiger partial charge in [0.1, 0.15) is 22.4 Å². The Labute approximate surface area is 124 Å². The van der Waals surface area contributed by atoms with Gasteiger partial charge in [-0.2, -0.15) is 0 Å². The number of amides is 1. The maximum absolute atomic E-state index is 11.7. The van der Waals surface area contributed by atoms with Crippen LogP contribution in [0.1, 0.15) is 40.9 Å². The number of rotatable bonds is 1.